The molecule has 0 unspecified atom stereocenters. The maximum absolute atomic E-state index is 10.3. The second kappa shape index (κ2) is 4.67. The summed E-state index contributed by atoms with van der Waals surface area (Å²) in [5.41, 5.74) is 2.99. The molecule has 0 amide bonds. The molecule has 0 saturated carbocycles. The van der Waals surface area contributed by atoms with Crippen LogP contribution in [-0.4, -0.2) is 5.11 Å². The number of phenols is 1. The Kier molecular flexibility index (Phi) is 3.90. The predicted molar refractivity (Wildman–Crippen MR) is 70.5 cm³/mol. The number of halogens is 1. The third kappa shape index (κ3) is 2.70. The van der Waals surface area contributed by atoms with E-state index in [1.54, 1.807) is 0 Å². The Hall–Kier alpha value is -0.690. The smallest absolute Gasteiger partial charge is 0.122 e. The summed E-state index contributed by atoms with van der Waals surface area (Å²) >= 11 is 5.90. The summed E-state index contributed by atoms with van der Waals surface area (Å²) in [4.78, 5) is 0. The Labute approximate surface area is 103 Å². The van der Waals surface area contributed by atoms with Crippen LogP contribution < -0.4 is 0 Å². The molecule has 1 aromatic rings. The lowest BCUT2D eigenvalue weighted by Gasteiger charge is -2.24. The molecular weight excluding hydrogens is 220 g/mol. The van der Waals surface area contributed by atoms with Gasteiger partial charge in [-0.3, -0.25) is 0 Å². The zero-order chi connectivity index (χ0) is 12.5. The minimum atomic E-state index is -0.0597. The topological polar surface area (TPSA) is 20.2 Å². The van der Waals surface area contributed by atoms with Crippen molar-refractivity contribution in [3.8, 4) is 5.75 Å². The highest BCUT2D eigenvalue weighted by Crippen LogP contribution is 2.37. The van der Waals surface area contributed by atoms with Crippen LogP contribution in [0.2, 0.25) is 0 Å². The van der Waals surface area contributed by atoms with E-state index in [-0.39, 0.29) is 5.41 Å². The molecule has 0 fully saturated rings. The summed E-state index contributed by atoms with van der Waals surface area (Å²) in [6.07, 6.45) is 0. The zero-order valence-corrected chi connectivity index (χ0v) is 11.5. The molecule has 1 nitrogen and oxygen atoms in total. The molecule has 0 saturated heterocycles. The number of hydrogen-bond acceptors (Lipinski definition) is 1. The first-order chi connectivity index (χ1) is 7.27. The van der Waals surface area contributed by atoms with Crippen LogP contribution in [0, 0.1) is 0 Å². The average molecular weight is 241 g/mol. The lowest BCUT2D eigenvalue weighted by molar-refractivity contribution is 0.437. The van der Waals surface area contributed by atoms with Crippen LogP contribution in [-0.2, 0) is 11.3 Å². The molecule has 90 valence electrons. The Morgan fingerprint density at radius 2 is 1.81 bits per heavy atom. The van der Waals surface area contributed by atoms with Gasteiger partial charge in [-0.05, 0) is 28.0 Å². The van der Waals surface area contributed by atoms with E-state index in [0.717, 1.165) is 16.7 Å². The van der Waals surface area contributed by atoms with Crippen LogP contribution in [0.4, 0.5) is 0 Å². The highest BCUT2D eigenvalue weighted by molar-refractivity contribution is 6.17. The van der Waals surface area contributed by atoms with Crippen LogP contribution >= 0.6 is 11.6 Å². The van der Waals surface area contributed by atoms with Crippen molar-refractivity contribution >= 4 is 11.6 Å². The summed E-state index contributed by atoms with van der Waals surface area (Å²) in [5, 5.41) is 10.3. The van der Waals surface area contributed by atoms with Gasteiger partial charge in [0.1, 0.15) is 5.75 Å². The number of benzene rings is 1. The standard InChI is InChI=1S/C14H21ClO/c1-9(2)11-6-10(8-15)7-12(13(11)16)14(3,4)5/h6-7,9,16H,8H2,1-5H3. The van der Waals surface area contributed by atoms with Crippen LogP contribution in [0.5, 0.6) is 5.75 Å². The van der Waals surface area contributed by atoms with E-state index in [9.17, 15) is 5.11 Å². The number of hydrogen-bond donors (Lipinski definition) is 1. The summed E-state index contributed by atoms with van der Waals surface area (Å²) in [6.45, 7) is 10.5. The molecule has 0 aromatic heterocycles. The Bertz CT molecular complexity index is 375. The van der Waals surface area contributed by atoms with Gasteiger partial charge in [-0.25, -0.2) is 0 Å². The van der Waals surface area contributed by atoms with Gasteiger partial charge in [-0.15, -0.1) is 11.6 Å². The van der Waals surface area contributed by atoms with Gasteiger partial charge < -0.3 is 5.11 Å². The first-order valence-electron chi connectivity index (χ1n) is 5.69. The fraction of sp³-hybridized carbons (Fsp3) is 0.571. The first kappa shape index (κ1) is 13.4. The molecule has 0 heterocycles. The van der Waals surface area contributed by atoms with E-state index in [1.807, 2.05) is 12.1 Å². The molecule has 1 rings (SSSR count). The number of alkyl halides is 1. The summed E-state index contributed by atoms with van der Waals surface area (Å²) in [7, 11) is 0. The minimum absolute atomic E-state index is 0.0597. The highest BCUT2D eigenvalue weighted by Gasteiger charge is 2.22. The monoisotopic (exact) mass is 240 g/mol. The Morgan fingerprint density at radius 1 is 1.25 bits per heavy atom. The largest absolute Gasteiger partial charge is 0.507 e. The van der Waals surface area contributed by atoms with Gasteiger partial charge in [0, 0.05) is 5.88 Å². The van der Waals surface area contributed by atoms with Gasteiger partial charge in [0.2, 0.25) is 0 Å². The molecule has 0 aliphatic carbocycles. The quantitative estimate of drug-likeness (QED) is 0.752. The fourth-order valence-corrected chi connectivity index (χ4v) is 1.96. The molecular formula is C14H21ClO. The van der Waals surface area contributed by atoms with Crippen molar-refractivity contribution in [2.24, 2.45) is 0 Å². The molecule has 0 aliphatic heterocycles. The third-order valence-electron chi connectivity index (χ3n) is 2.78. The van der Waals surface area contributed by atoms with Crippen molar-refractivity contribution in [1.29, 1.82) is 0 Å². The molecule has 1 N–H and O–H groups in total. The molecule has 0 radical (unpaired) electrons. The van der Waals surface area contributed by atoms with Crippen LogP contribution in [0.1, 0.15) is 57.2 Å². The zero-order valence-electron chi connectivity index (χ0n) is 10.8. The number of aromatic hydroxyl groups is 1. The maximum Gasteiger partial charge on any atom is 0.122 e. The van der Waals surface area contributed by atoms with Gasteiger partial charge in [0.25, 0.3) is 0 Å². The van der Waals surface area contributed by atoms with Crippen molar-refractivity contribution in [3.63, 3.8) is 0 Å². The maximum atomic E-state index is 10.3. The van der Waals surface area contributed by atoms with Gasteiger partial charge in [-0.2, -0.15) is 0 Å². The van der Waals surface area contributed by atoms with Crippen molar-refractivity contribution in [2.45, 2.75) is 51.8 Å². The fourth-order valence-electron chi connectivity index (χ4n) is 1.81. The summed E-state index contributed by atoms with van der Waals surface area (Å²) < 4.78 is 0. The second-order valence-electron chi connectivity index (χ2n) is 5.62. The van der Waals surface area contributed by atoms with Crippen molar-refractivity contribution in [2.75, 3.05) is 0 Å². The molecule has 0 spiro atoms. The Morgan fingerprint density at radius 3 is 2.19 bits per heavy atom. The van der Waals surface area contributed by atoms with E-state index >= 15 is 0 Å². The van der Waals surface area contributed by atoms with Crippen LogP contribution in [0.25, 0.3) is 0 Å². The lowest BCUT2D eigenvalue weighted by atomic mass is 9.82. The van der Waals surface area contributed by atoms with Gasteiger partial charge in [-0.1, -0.05) is 46.8 Å². The van der Waals surface area contributed by atoms with Crippen molar-refractivity contribution < 1.29 is 5.11 Å². The van der Waals surface area contributed by atoms with Crippen molar-refractivity contribution in [3.05, 3.63) is 28.8 Å². The number of rotatable bonds is 2. The first-order valence-corrected chi connectivity index (χ1v) is 6.23. The predicted octanol–water partition coefficient (Wildman–Crippen LogP) is 4.55. The molecule has 0 atom stereocenters. The highest BCUT2D eigenvalue weighted by atomic mass is 35.5. The van der Waals surface area contributed by atoms with E-state index in [2.05, 4.69) is 34.6 Å². The van der Waals surface area contributed by atoms with E-state index in [1.165, 1.54) is 0 Å². The third-order valence-corrected chi connectivity index (χ3v) is 3.09. The van der Waals surface area contributed by atoms with Crippen LogP contribution in [0.15, 0.2) is 12.1 Å². The van der Waals surface area contributed by atoms with E-state index in [4.69, 9.17) is 11.6 Å². The number of phenolic OH excluding ortho intramolecular Hbond substituents is 1. The Balaban J connectivity index is 3.44. The van der Waals surface area contributed by atoms with E-state index < -0.39 is 0 Å². The van der Waals surface area contributed by atoms with Gasteiger partial charge in [0.15, 0.2) is 0 Å². The molecule has 0 bridgehead atoms. The lowest BCUT2D eigenvalue weighted by Crippen LogP contribution is -2.13. The molecule has 1 aromatic carbocycles. The molecule has 16 heavy (non-hydrogen) atoms. The molecule has 0 aliphatic rings. The van der Waals surface area contributed by atoms with Gasteiger partial charge >= 0.3 is 0 Å². The minimum Gasteiger partial charge on any atom is -0.507 e. The average Bonchev–Trinajstić information content (AvgIpc) is 2.15. The summed E-state index contributed by atoms with van der Waals surface area (Å²) in [6, 6.07) is 4.01. The molecule has 2 heteroatoms. The SMILES string of the molecule is CC(C)c1cc(CCl)cc(C(C)(C)C)c1O. The van der Waals surface area contributed by atoms with Crippen LogP contribution in [0.3, 0.4) is 0 Å². The summed E-state index contributed by atoms with van der Waals surface area (Å²) in [5.74, 6) is 1.23. The van der Waals surface area contributed by atoms with Crippen molar-refractivity contribution in [1.82, 2.24) is 0 Å². The van der Waals surface area contributed by atoms with E-state index in [0.29, 0.717) is 17.5 Å². The van der Waals surface area contributed by atoms with Gasteiger partial charge in [0.05, 0.1) is 0 Å². The second-order valence-corrected chi connectivity index (χ2v) is 5.89. The normalized spacial score (nSPS) is 12.2.